The zero-order valence-electron chi connectivity index (χ0n) is 19.8. The number of rotatable bonds is 7. The molecule has 1 N–H and O–H groups in total. The quantitative estimate of drug-likeness (QED) is 0.356. The third-order valence-corrected chi connectivity index (χ3v) is 7.65. The van der Waals surface area contributed by atoms with Crippen LogP contribution in [0.25, 0.3) is 0 Å². The number of carbonyl (C=O) groups excluding carboxylic acids is 1. The fraction of sp³-hybridized carbons (Fsp3) is 0.240. The van der Waals surface area contributed by atoms with Crippen LogP contribution in [0.4, 0.5) is 28.9 Å². The highest BCUT2D eigenvalue weighted by Crippen LogP contribution is 2.39. The number of halogens is 4. The Morgan fingerprint density at radius 1 is 0.973 bits per heavy atom. The molecule has 7 nitrogen and oxygen atoms in total. The van der Waals surface area contributed by atoms with Gasteiger partial charge < -0.3 is 19.7 Å². The molecule has 37 heavy (non-hydrogen) atoms. The Balaban J connectivity index is 1.73. The van der Waals surface area contributed by atoms with E-state index >= 15 is 8.78 Å². The van der Waals surface area contributed by atoms with Crippen LogP contribution in [0, 0.1) is 23.3 Å². The van der Waals surface area contributed by atoms with Crippen molar-refractivity contribution >= 4 is 27.1 Å². The van der Waals surface area contributed by atoms with Gasteiger partial charge in [0.05, 0.1) is 25.7 Å². The lowest BCUT2D eigenvalue weighted by atomic mass is 10.1. The molecule has 0 bridgehead atoms. The minimum atomic E-state index is -4.37. The molecule has 0 spiro atoms. The number of amides is 1. The lowest BCUT2D eigenvalue weighted by Gasteiger charge is -2.32. The van der Waals surface area contributed by atoms with Gasteiger partial charge >= 0.3 is 0 Å². The number of sulfone groups is 1. The Morgan fingerprint density at radius 3 is 2.38 bits per heavy atom. The molecule has 1 heterocycles. The SMILES string of the molecule is COc1ccc(CCN2CCS(=O)(=O)c3c(F)c(F)c(C(=O)Nc4cccc(F)c4)c(F)c32)cc1OC. The fourth-order valence-electron chi connectivity index (χ4n) is 4.12. The standard InChI is InChI=1S/C25H22F4N2O5S/c1-35-17-7-6-14(12-18(17)36-2)8-9-31-10-11-37(33,34)24-22(29)20(27)19(21(28)23(24)31)25(32)30-16-5-3-4-15(26)13-16/h3-7,12-13H,8-11H2,1-2H3,(H,30,32). The maximum Gasteiger partial charge on any atom is 0.261 e. The first-order chi connectivity index (χ1) is 17.6. The summed E-state index contributed by atoms with van der Waals surface area (Å²) in [4.78, 5) is 12.8. The van der Waals surface area contributed by atoms with Crippen LogP contribution in [-0.4, -0.2) is 47.4 Å². The molecular formula is C25H22F4N2O5S. The van der Waals surface area contributed by atoms with Crippen molar-refractivity contribution in [3.8, 4) is 11.5 Å². The van der Waals surface area contributed by atoms with E-state index in [0.29, 0.717) is 11.5 Å². The topological polar surface area (TPSA) is 84.9 Å². The maximum absolute atomic E-state index is 15.7. The van der Waals surface area contributed by atoms with E-state index in [4.69, 9.17) is 9.47 Å². The molecule has 1 amide bonds. The van der Waals surface area contributed by atoms with E-state index in [1.54, 1.807) is 18.2 Å². The van der Waals surface area contributed by atoms with Crippen LogP contribution in [0.5, 0.6) is 11.5 Å². The third kappa shape index (κ3) is 5.06. The summed E-state index contributed by atoms with van der Waals surface area (Å²) in [5, 5.41) is 2.11. The van der Waals surface area contributed by atoms with Crippen molar-refractivity contribution in [1.82, 2.24) is 0 Å². The summed E-state index contributed by atoms with van der Waals surface area (Å²) in [6.07, 6.45) is 0.253. The lowest BCUT2D eigenvalue weighted by molar-refractivity contribution is 0.101. The first-order valence-electron chi connectivity index (χ1n) is 11.0. The normalized spacial score (nSPS) is 14.2. The van der Waals surface area contributed by atoms with E-state index in [1.807, 2.05) is 0 Å². The van der Waals surface area contributed by atoms with Crippen molar-refractivity contribution in [3.63, 3.8) is 0 Å². The number of hydrogen-bond acceptors (Lipinski definition) is 6. The number of anilines is 2. The van der Waals surface area contributed by atoms with Gasteiger partial charge in [-0.15, -0.1) is 0 Å². The molecule has 1 aliphatic rings. The number of nitrogens with one attached hydrogen (secondary N) is 1. The van der Waals surface area contributed by atoms with E-state index in [1.165, 1.54) is 31.3 Å². The molecule has 1 aliphatic heterocycles. The summed E-state index contributed by atoms with van der Waals surface area (Å²) in [7, 11) is -1.45. The minimum Gasteiger partial charge on any atom is -0.493 e. The molecule has 0 unspecified atom stereocenters. The van der Waals surface area contributed by atoms with Crippen LogP contribution in [0.3, 0.4) is 0 Å². The minimum absolute atomic E-state index is 0.0188. The number of fused-ring (bicyclic) bond motifs is 1. The van der Waals surface area contributed by atoms with E-state index < -0.39 is 60.9 Å². The van der Waals surface area contributed by atoms with Crippen molar-refractivity contribution in [1.29, 1.82) is 0 Å². The molecule has 0 saturated carbocycles. The van der Waals surface area contributed by atoms with Gasteiger partial charge in [0, 0.05) is 18.8 Å². The summed E-state index contributed by atoms with van der Waals surface area (Å²) in [6.45, 7) is -0.194. The third-order valence-electron chi connectivity index (χ3n) is 5.94. The second-order valence-corrected chi connectivity index (χ2v) is 10.3. The van der Waals surface area contributed by atoms with Crippen molar-refractivity contribution in [2.75, 3.05) is 43.3 Å². The molecule has 0 radical (unpaired) electrons. The highest BCUT2D eigenvalue weighted by Gasteiger charge is 2.40. The monoisotopic (exact) mass is 538 g/mol. The number of benzene rings is 3. The summed E-state index contributed by atoms with van der Waals surface area (Å²) in [6, 6.07) is 9.59. The number of methoxy groups -OCH3 is 2. The number of hydrogen-bond donors (Lipinski definition) is 1. The Morgan fingerprint density at radius 2 is 1.70 bits per heavy atom. The van der Waals surface area contributed by atoms with Gasteiger partial charge in [0.1, 0.15) is 16.3 Å². The van der Waals surface area contributed by atoms with E-state index in [0.717, 1.165) is 17.7 Å². The van der Waals surface area contributed by atoms with Crippen molar-refractivity contribution in [2.24, 2.45) is 0 Å². The Bertz CT molecular complexity index is 1480. The van der Waals surface area contributed by atoms with Crippen LogP contribution < -0.4 is 19.7 Å². The first-order valence-corrected chi connectivity index (χ1v) is 12.7. The van der Waals surface area contributed by atoms with Gasteiger partial charge in [0.15, 0.2) is 38.8 Å². The number of ether oxygens (including phenoxy) is 2. The molecule has 0 saturated heterocycles. The highest BCUT2D eigenvalue weighted by atomic mass is 32.2. The average Bonchev–Trinajstić information content (AvgIpc) is 2.86. The van der Waals surface area contributed by atoms with Gasteiger partial charge in [-0.3, -0.25) is 4.79 Å². The molecule has 0 atom stereocenters. The molecular weight excluding hydrogens is 516 g/mol. The molecule has 0 aromatic heterocycles. The predicted octanol–water partition coefficient (Wildman–Crippen LogP) is 4.35. The van der Waals surface area contributed by atoms with Crippen molar-refractivity contribution in [3.05, 3.63) is 76.9 Å². The molecule has 3 aromatic carbocycles. The van der Waals surface area contributed by atoms with Gasteiger partial charge in [-0.25, -0.2) is 26.0 Å². The van der Waals surface area contributed by atoms with Gasteiger partial charge in [-0.1, -0.05) is 12.1 Å². The zero-order chi connectivity index (χ0) is 26.9. The van der Waals surface area contributed by atoms with Crippen molar-refractivity contribution in [2.45, 2.75) is 11.3 Å². The van der Waals surface area contributed by atoms with E-state index in [2.05, 4.69) is 5.32 Å². The second-order valence-electron chi connectivity index (χ2n) is 8.20. The van der Waals surface area contributed by atoms with Crippen LogP contribution in [0.1, 0.15) is 15.9 Å². The first kappa shape index (κ1) is 26.3. The largest absolute Gasteiger partial charge is 0.493 e. The second kappa shape index (κ2) is 10.3. The maximum atomic E-state index is 15.7. The smallest absolute Gasteiger partial charge is 0.261 e. The zero-order valence-corrected chi connectivity index (χ0v) is 20.6. The number of carbonyl (C=O) groups is 1. The Kier molecular flexibility index (Phi) is 7.30. The van der Waals surface area contributed by atoms with Crippen LogP contribution in [0.15, 0.2) is 47.4 Å². The summed E-state index contributed by atoms with van der Waals surface area (Å²) in [5.74, 6) is -7.09. The average molecular weight is 539 g/mol. The molecule has 4 rings (SSSR count). The van der Waals surface area contributed by atoms with Crippen molar-refractivity contribution < 1.29 is 40.2 Å². The molecule has 0 fully saturated rings. The van der Waals surface area contributed by atoms with Gasteiger partial charge in [0.25, 0.3) is 5.91 Å². The Labute approximate surface area is 210 Å². The summed E-state index contributed by atoms with van der Waals surface area (Å²) >= 11 is 0. The lowest BCUT2D eigenvalue weighted by Crippen LogP contribution is -2.39. The Hall–Kier alpha value is -3.80. The number of nitrogens with zero attached hydrogens (tertiary/aromatic N) is 1. The van der Waals surface area contributed by atoms with E-state index in [-0.39, 0.29) is 25.2 Å². The molecule has 12 heteroatoms. The highest BCUT2D eigenvalue weighted by molar-refractivity contribution is 7.91. The van der Waals surface area contributed by atoms with Crippen LogP contribution >= 0.6 is 0 Å². The van der Waals surface area contributed by atoms with Crippen LogP contribution in [-0.2, 0) is 16.3 Å². The molecule has 0 aliphatic carbocycles. The molecule has 3 aromatic rings. The van der Waals surface area contributed by atoms with E-state index in [9.17, 15) is 22.0 Å². The van der Waals surface area contributed by atoms with Gasteiger partial charge in [0.2, 0.25) is 0 Å². The predicted molar refractivity (Wildman–Crippen MR) is 128 cm³/mol. The molecule has 196 valence electrons. The summed E-state index contributed by atoms with van der Waals surface area (Å²) < 4.78 is 94.8. The summed E-state index contributed by atoms with van der Waals surface area (Å²) in [5.41, 5.74) is -1.44. The fourth-order valence-corrected chi connectivity index (χ4v) is 5.66. The van der Waals surface area contributed by atoms with Gasteiger partial charge in [-0.05, 0) is 42.3 Å². The van der Waals surface area contributed by atoms with Crippen LogP contribution in [0.2, 0.25) is 0 Å². The van der Waals surface area contributed by atoms with Gasteiger partial charge in [-0.2, -0.15) is 0 Å².